The van der Waals surface area contributed by atoms with Crippen molar-refractivity contribution in [2.45, 2.75) is 18.8 Å². The van der Waals surface area contributed by atoms with E-state index in [1.807, 2.05) is 30.3 Å². The van der Waals surface area contributed by atoms with Gasteiger partial charge < -0.3 is 10.1 Å². The average molecular weight is 397 g/mol. The molecule has 28 heavy (non-hydrogen) atoms. The minimum Gasteiger partial charge on any atom is -0.451 e. The Morgan fingerprint density at radius 3 is 2.68 bits per heavy atom. The number of pyridine rings is 1. The van der Waals surface area contributed by atoms with Gasteiger partial charge in [-0.3, -0.25) is 4.79 Å². The smallest absolute Gasteiger partial charge is 0.357 e. The fraction of sp³-hybridized carbons (Fsp3) is 0.200. The molecule has 1 N–H and O–H groups in total. The fourth-order valence-electron chi connectivity index (χ4n) is 2.76. The van der Waals surface area contributed by atoms with E-state index >= 15 is 0 Å². The van der Waals surface area contributed by atoms with Gasteiger partial charge in [0, 0.05) is 12.1 Å². The lowest BCUT2D eigenvalue weighted by molar-refractivity contribution is -0.119. The first-order chi connectivity index (χ1) is 13.6. The van der Waals surface area contributed by atoms with E-state index in [1.165, 1.54) is 6.20 Å². The van der Waals surface area contributed by atoms with Crippen molar-refractivity contribution in [3.8, 4) is 5.69 Å². The molecule has 2 aromatic heterocycles. The summed E-state index contributed by atoms with van der Waals surface area (Å²) >= 11 is 5.91. The number of rotatable bonds is 6. The highest BCUT2D eigenvalue weighted by Crippen LogP contribution is 2.39. The number of esters is 1. The summed E-state index contributed by atoms with van der Waals surface area (Å²) in [5.74, 6) is -0.736. The molecule has 8 heteroatoms. The molecule has 1 aromatic carbocycles. The number of carbonyl (C=O) groups excluding carboxylic acids is 2. The number of amides is 1. The summed E-state index contributed by atoms with van der Waals surface area (Å²) in [7, 11) is 0. The van der Waals surface area contributed by atoms with E-state index in [0.717, 1.165) is 24.2 Å². The Morgan fingerprint density at radius 1 is 1.18 bits per heavy atom. The summed E-state index contributed by atoms with van der Waals surface area (Å²) in [4.78, 5) is 28.6. The average Bonchev–Trinajstić information content (AvgIpc) is 3.47. The Balaban J connectivity index is 1.47. The maximum Gasteiger partial charge on any atom is 0.357 e. The summed E-state index contributed by atoms with van der Waals surface area (Å²) in [6, 6.07) is 14.3. The monoisotopic (exact) mass is 396 g/mol. The zero-order valence-corrected chi connectivity index (χ0v) is 15.6. The van der Waals surface area contributed by atoms with Gasteiger partial charge in [0.1, 0.15) is 0 Å². The number of nitrogens with one attached hydrogen (secondary N) is 1. The van der Waals surface area contributed by atoms with E-state index < -0.39 is 18.5 Å². The predicted octanol–water partition coefficient (Wildman–Crippen LogP) is 3.59. The van der Waals surface area contributed by atoms with Gasteiger partial charge in [-0.2, -0.15) is 5.10 Å². The quantitative estimate of drug-likeness (QED) is 0.508. The first kappa shape index (κ1) is 18.2. The number of anilines is 1. The van der Waals surface area contributed by atoms with E-state index in [-0.39, 0.29) is 5.15 Å². The molecule has 0 bridgehead atoms. The molecular formula is C20H17ClN4O3. The third-order valence-electron chi connectivity index (χ3n) is 4.30. The third-order valence-corrected chi connectivity index (χ3v) is 4.60. The van der Waals surface area contributed by atoms with Crippen molar-refractivity contribution in [1.82, 2.24) is 14.8 Å². The van der Waals surface area contributed by atoms with Crippen LogP contribution >= 0.6 is 11.6 Å². The van der Waals surface area contributed by atoms with E-state index in [4.69, 9.17) is 16.3 Å². The molecule has 4 rings (SSSR count). The number of carbonyl (C=O) groups is 2. The molecule has 7 nitrogen and oxygen atoms in total. The maximum absolute atomic E-state index is 12.6. The van der Waals surface area contributed by atoms with Gasteiger partial charge in [-0.25, -0.2) is 14.5 Å². The lowest BCUT2D eigenvalue weighted by Gasteiger charge is -2.09. The molecule has 1 amide bonds. The molecule has 0 saturated heterocycles. The van der Waals surface area contributed by atoms with Gasteiger partial charge >= 0.3 is 5.97 Å². The van der Waals surface area contributed by atoms with Crippen molar-refractivity contribution in [3.05, 3.63) is 71.3 Å². The van der Waals surface area contributed by atoms with Crippen LogP contribution in [0, 0.1) is 0 Å². The van der Waals surface area contributed by atoms with Crippen molar-refractivity contribution in [2.75, 3.05) is 11.9 Å². The molecule has 142 valence electrons. The van der Waals surface area contributed by atoms with Crippen LogP contribution in [0.15, 0.2) is 54.7 Å². The standard InChI is InChI=1S/C20H17ClN4O3/c21-19-15(7-4-10-22-19)23-18(26)12-28-20(27)17-11-16(13-8-9-13)24-25(17)14-5-2-1-3-6-14/h1-7,10-11,13H,8-9,12H2,(H,23,26). The molecule has 0 unspecified atom stereocenters. The Kier molecular flexibility index (Phi) is 5.08. The number of benzene rings is 1. The molecule has 1 aliphatic carbocycles. The first-order valence-electron chi connectivity index (χ1n) is 8.84. The third kappa shape index (κ3) is 4.04. The summed E-state index contributed by atoms with van der Waals surface area (Å²) in [6.45, 7) is -0.442. The topological polar surface area (TPSA) is 86.1 Å². The molecule has 0 spiro atoms. The summed E-state index contributed by atoms with van der Waals surface area (Å²) < 4.78 is 6.76. The van der Waals surface area contributed by atoms with Gasteiger partial charge in [-0.1, -0.05) is 29.8 Å². The minimum atomic E-state index is -0.615. The largest absolute Gasteiger partial charge is 0.451 e. The van der Waals surface area contributed by atoms with Crippen LogP contribution in [0.5, 0.6) is 0 Å². The lowest BCUT2D eigenvalue weighted by Crippen LogP contribution is -2.22. The molecule has 0 radical (unpaired) electrons. The normalized spacial score (nSPS) is 13.2. The molecule has 2 heterocycles. The summed E-state index contributed by atoms with van der Waals surface area (Å²) in [5.41, 5.74) is 2.27. The zero-order valence-electron chi connectivity index (χ0n) is 14.8. The summed E-state index contributed by atoms with van der Waals surface area (Å²) in [5, 5.41) is 7.29. The second kappa shape index (κ2) is 7.82. The van der Waals surface area contributed by atoms with Gasteiger partial charge in [-0.15, -0.1) is 0 Å². The van der Waals surface area contributed by atoms with Crippen LogP contribution in [0.25, 0.3) is 5.69 Å². The number of hydrogen-bond acceptors (Lipinski definition) is 5. The second-order valence-corrected chi connectivity index (χ2v) is 6.80. The molecule has 1 saturated carbocycles. The van der Waals surface area contributed by atoms with Gasteiger partial charge in [0.25, 0.3) is 5.91 Å². The number of hydrogen-bond donors (Lipinski definition) is 1. The van der Waals surface area contributed by atoms with Gasteiger partial charge in [0.2, 0.25) is 0 Å². The van der Waals surface area contributed by atoms with Gasteiger partial charge in [0.15, 0.2) is 17.5 Å². The van der Waals surface area contributed by atoms with Crippen LogP contribution in [-0.4, -0.2) is 33.2 Å². The minimum absolute atomic E-state index is 0.165. The maximum atomic E-state index is 12.6. The van der Waals surface area contributed by atoms with E-state index in [1.54, 1.807) is 22.9 Å². The highest BCUT2D eigenvalue weighted by molar-refractivity contribution is 6.32. The zero-order chi connectivity index (χ0) is 19.5. The van der Waals surface area contributed by atoms with Crippen molar-refractivity contribution in [3.63, 3.8) is 0 Å². The number of nitrogens with zero attached hydrogens (tertiary/aromatic N) is 3. The number of ether oxygens (including phenoxy) is 1. The van der Waals surface area contributed by atoms with Crippen molar-refractivity contribution in [1.29, 1.82) is 0 Å². The Morgan fingerprint density at radius 2 is 1.96 bits per heavy atom. The molecular weight excluding hydrogens is 380 g/mol. The van der Waals surface area contributed by atoms with Crippen LogP contribution in [0.1, 0.15) is 34.9 Å². The van der Waals surface area contributed by atoms with Gasteiger partial charge in [0.05, 0.1) is 17.1 Å². The Bertz CT molecular complexity index is 1020. The number of halogens is 1. The van der Waals surface area contributed by atoms with Crippen molar-refractivity contribution >= 4 is 29.2 Å². The highest BCUT2D eigenvalue weighted by Gasteiger charge is 2.29. The van der Waals surface area contributed by atoms with Crippen molar-refractivity contribution in [2.24, 2.45) is 0 Å². The van der Waals surface area contributed by atoms with Gasteiger partial charge in [-0.05, 0) is 43.2 Å². The molecule has 1 fully saturated rings. The fourth-order valence-corrected chi connectivity index (χ4v) is 2.93. The predicted molar refractivity (Wildman–Crippen MR) is 104 cm³/mol. The Hall–Kier alpha value is -3.19. The van der Waals surface area contributed by atoms with Crippen molar-refractivity contribution < 1.29 is 14.3 Å². The van der Waals surface area contributed by atoms with Crippen LogP contribution in [0.4, 0.5) is 5.69 Å². The molecule has 0 atom stereocenters. The number of aromatic nitrogens is 3. The lowest BCUT2D eigenvalue weighted by atomic mass is 10.2. The van der Waals surface area contributed by atoms with E-state index in [9.17, 15) is 9.59 Å². The molecule has 1 aliphatic rings. The Labute approximate surface area is 166 Å². The molecule has 3 aromatic rings. The van der Waals surface area contributed by atoms with E-state index in [2.05, 4.69) is 15.4 Å². The summed E-state index contributed by atoms with van der Waals surface area (Å²) in [6.07, 6.45) is 3.64. The van der Waals surface area contributed by atoms with Crippen LogP contribution < -0.4 is 5.32 Å². The molecule has 0 aliphatic heterocycles. The van der Waals surface area contributed by atoms with Crippen LogP contribution in [-0.2, 0) is 9.53 Å². The highest BCUT2D eigenvalue weighted by atomic mass is 35.5. The van der Waals surface area contributed by atoms with Crippen LogP contribution in [0.2, 0.25) is 5.15 Å². The van der Waals surface area contributed by atoms with Crippen LogP contribution in [0.3, 0.4) is 0 Å². The first-order valence-corrected chi connectivity index (χ1v) is 9.22. The number of para-hydroxylation sites is 1. The van der Waals surface area contributed by atoms with E-state index in [0.29, 0.717) is 17.3 Å². The SMILES string of the molecule is O=C(COC(=O)c1cc(C2CC2)nn1-c1ccccc1)Nc1cccnc1Cl. The second-order valence-electron chi connectivity index (χ2n) is 6.44.